The molecule has 1 rings (SSSR count). The molecule has 0 unspecified atom stereocenters. The largest absolute Gasteiger partial charge is 0.506 e. The van der Waals surface area contributed by atoms with Gasteiger partial charge >= 0.3 is 12.3 Å². The van der Waals surface area contributed by atoms with Crippen molar-refractivity contribution in [2.45, 2.75) is 18.3 Å². The molecule has 3 atom stereocenters. The first-order valence-corrected chi connectivity index (χ1v) is 4.26. The highest BCUT2D eigenvalue weighted by molar-refractivity contribution is 5.59. The van der Waals surface area contributed by atoms with Crippen LogP contribution in [0.3, 0.4) is 0 Å². The van der Waals surface area contributed by atoms with E-state index in [1.54, 1.807) is 0 Å². The number of aliphatic hydroxyl groups is 1. The molecule has 0 aromatic rings. The van der Waals surface area contributed by atoms with E-state index in [4.69, 9.17) is 20.1 Å². The van der Waals surface area contributed by atoms with Crippen molar-refractivity contribution in [2.24, 2.45) is 0 Å². The first kappa shape index (κ1) is 12.1. The lowest BCUT2D eigenvalue weighted by Crippen LogP contribution is -2.47. The van der Waals surface area contributed by atoms with Crippen LogP contribution in [0.15, 0.2) is 12.3 Å². The number of hydrogen-bond donors (Lipinski definition) is 3. The molecular formula is C8H10O8. The van der Waals surface area contributed by atoms with Gasteiger partial charge in [0, 0.05) is 0 Å². The molecule has 0 aromatic heterocycles. The molecular weight excluding hydrogens is 224 g/mol. The number of carboxylic acid groups (broad SMARTS) is 2. The number of carbonyl (C=O) groups is 2. The number of rotatable bonds is 3. The van der Waals surface area contributed by atoms with E-state index in [-0.39, 0.29) is 0 Å². The highest BCUT2D eigenvalue weighted by Crippen LogP contribution is 2.19. The van der Waals surface area contributed by atoms with E-state index in [0.717, 1.165) is 6.26 Å². The summed E-state index contributed by atoms with van der Waals surface area (Å²) in [5, 5.41) is 25.8. The molecule has 8 heteroatoms. The van der Waals surface area contributed by atoms with Crippen molar-refractivity contribution in [1.29, 1.82) is 0 Å². The number of ether oxygens (including phenoxy) is 3. The van der Waals surface area contributed by atoms with Crippen molar-refractivity contribution in [2.75, 3.05) is 6.61 Å². The van der Waals surface area contributed by atoms with E-state index in [1.165, 1.54) is 6.08 Å². The summed E-state index contributed by atoms with van der Waals surface area (Å²) < 4.78 is 13.6. The predicted molar refractivity (Wildman–Crippen MR) is 46.9 cm³/mol. The second-order valence-electron chi connectivity index (χ2n) is 2.88. The van der Waals surface area contributed by atoms with E-state index in [0.29, 0.717) is 0 Å². The Morgan fingerprint density at radius 3 is 2.38 bits per heavy atom. The van der Waals surface area contributed by atoms with Crippen molar-refractivity contribution >= 4 is 12.3 Å². The lowest BCUT2D eigenvalue weighted by molar-refractivity contribution is -0.103. The third-order valence-electron chi connectivity index (χ3n) is 1.87. The fraction of sp³-hybridized carbons (Fsp3) is 0.500. The van der Waals surface area contributed by atoms with Gasteiger partial charge in [-0.2, -0.15) is 0 Å². The van der Waals surface area contributed by atoms with Crippen LogP contribution in [-0.4, -0.2) is 52.5 Å². The molecule has 0 aromatic carbocycles. The summed E-state index contributed by atoms with van der Waals surface area (Å²) in [6.07, 6.45) is -4.24. The van der Waals surface area contributed by atoms with E-state index >= 15 is 0 Å². The molecule has 0 amide bonds. The summed E-state index contributed by atoms with van der Waals surface area (Å²) >= 11 is 0. The van der Waals surface area contributed by atoms with Gasteiger partial charge < -0.3 is 29.5 Å². The Bertz CT molecular complexity index is 298. The Labute approximate surface area is 89.6 Å². The monoisotopic (exact) mass is 234 g/mol. The molecule has 8 nitrogen and oxygen atoms in total. The zero-order valence-electron chi connectivity index (χ0n) is 7.98. The molecule has 0 spiro atoms. The van der Waals surface area contributed by atoms with Gasteiger partial charge in [-0.1, -0.05) is 0 Å². The van der Waals surface area contributed by atoms with Gasteiger partial charge in [0.05, 0.1) is 12.9 Å². The summed E-state index contributed by atoms with van der Waals surface area (Å²) in [5.41, 5.74) is 0. The molecule has 1 aliphatic rings. The smallest absolute Gasteiger partial charge is 0.492 e. The molecule has 0 aliphatic carbocycles. The van der Waals surface area contributed by atoms with Crippen LogP contribution in [0.25, 0.3) is 0 Å². The minimum atomic E-state index is -1.61. The number of hydrogen-bond acceptors (Lipinski definition) is 6. The van der Waals surface area contributed by atoms with Crippen molar-refractivity contribution in [1.82, 2.24) is 0 Å². The Hall–Kier alpha value is -1.96. The predicted octanol–water partition coefficient (Wildman–Crippen LogP) is 0.0176. The standard InChI is InChI=1S/C8H10O8/c9-3-5-6(16-8(12)13)4(1-2-14-5)15-7(10)11/h1-2,4-6,9H,3H2,(H,10,11)(H,12,13)/t4-,5-,6-/m1/s1. The second-order valence-corrected chi connectivity index (χ2v) is 2.88. The second kappa shape index (κ2) is 5.21. The molecule has 0 radical (unpaired) electrons. The molecule has 1 aliphatic heterocycles. The van der Waals surface area contributed by atoms with Gasteiger partial charge in [0.15, 0.2) is 18.3 Å². The first-order chi connectivity index (χ1) is 7.54. The van der Waals surface area contributed by atoms with Crippen LogP contribution in [-0.2, 0) is 14.2 Å². The molecule has 0 fully saturated rings. The third kappa shape index (κ3) is 3.02. The Kier molecular flexibility index (Phi) is 3.95. The van der Waals surface area contributed by atoms with Gasteiger partial charge in [-0.15, -0.1) is 0 Å². The van der Waals surface area contributed by atoms with Crippen molar-refractivity contribution in [3.05, 3.63) is 12.3 Å². The van der Waals surface area contributed by atoms with Crippen LogP contribution in [0.1, 0.15) is 0 Å². The molecule has 0 saturated carbocycles. The van der Waals surface area contributed by atoms with Gasteiger partial charge in [0.1, 0.15) is 0 Å². The number of aliphatic hydroxyl groups excluding tert-OH is 1. The molecule has 0 saturated heterocycles. The Morgan fingerprint density at radius 2 is 1.88 bits per heavy atom. The average Bonchev–Trinajstić information content (AvgIpc) is 2.19. The fourth-order valence-electron chi connectivity index (χ4n) is 1.25. The maximum Gasteiger partial charge on any atom is 0.506 e. The van der Waals surface area contributed by atoms with Gasteiger partial charge in [0.25, 0.3) is 0 Å². The van der Waals surface area contributed by atoms with E-state index in [2.05, 4.69) is 9.47 Å². The van der Waals surface area contributed by atoms with Gasteiger partial charge in [-0.3, -0.25) is 0 Å². The molecule has 90 valence electrons. The van der Waals surface area contributed by atoms with E-state index in [9.17, 15) is 9.59 Å². The lowest BCUT2D eigenvalue weighted by Gasteiger charge is -2.31. The van der Waals surface area contributed by atoms with Crippen LogP contribution in [0.5, 0.6) is 0 Å². The lowest BCUT2D eigenvalue weighted by atomic mass is 10.1. The van der Waals surface area contributed by atoms with Gasteiger partial charge in [0.2, 0.25) is 0 Å². The molecule has 16 heavy (non-hydrogen) atoms. The molecule has 1 heterocycles. The first-order valence-electron chi connectivity index (χ1n) is 4.26. The third-order valence-corrected chi connectivity index (χ3v) is 1.87. The zero-order chi connectivity index (χ0) is 12.1. The normalized spacial score (nSPS) is 27.9. The summed E-state index contributed by atoms with van der Waals surface area (Å²) in [6.45, 7) is -0.526. The highest BCUT2D eigenvalue weighted by atomic mass is 16.7. The quantitative estimate of drug-likeness (QED) is 0.584. The Balaban J connectivity index is 2.77. The van der Waals surface area contributed by atoms with Crippen molar-refractivity contribution < 1.29 is 39.1 Å². The maximum atomic E-state index is 10.4. The summed E-state index contributed by atoms with van der Waals surface area (Å²) in [5.74, 6) is 0. The summed E-state index contributed by atoms with van der Waals surface area (Å²) in [6, 6.07) is 0. The van der Waals surface area contributed by atoms with Crippen LogP contribution in [0, 0.1) is 0 Å². The van der Waals surface area contributed by atoms with Crippen LogP contribution >= 0.6 is 0 Å². The minimum Gasteiger partial charge on any atom is -0.492 e. The van der Waals surface area contributed by atoms with Gasteiger partial charge in [-0.05, 0) is 6.08 Å². The van der Waals surface area contributed by atoms with Crippen molar-refractivity contribution in [3.63, 3.8) is 0 Å². The zero-order valence-corrected chi connectivity index (χ0v) is 7.98. The van der Waals surface area contributed by atoms with E-state index in [1.807, 2.05) is 0 Å². The molecule has 3 N–H and O–H groups in total. The van der Waals surface area contributed by atoms with Crippen LogP contribution < -0.4 is 0 Å². The van der Waals surface area contributed by atoms with Crippen LogP contribution in [0.2, 0.25) is 0 Å². The molecule has 0 bridgehead atoms. The Morgan fingerprint density at radius 1 is 1.25 bits per heavy atom. The summed E-state index contributed by atoms with van der Waals surface area (Å²) in [7, 11) is 0. The maximum absolute atomic E-state index is 10.4. The topological polar surface area (TPSA) is 123 Å². The average molecular weight is 234 g/mol. The van der Waals surface area contributed by atoms with E-state index < -0.39 is 37.2 Å². The minimum absolute atomic E-state index is 0.526. The van der Waals surface area contributed by atoms with Crippen molar-refractivity contribution in [3.8, 4) is 0 Å². The summed E-state index contributed by atoms with van der Waals surface area (Å²) in [4.78, 5) is 20.7. The SMILES string of the molecule is O=C(O)O[C@@H]1[C@H](OC(=O)O)C=CO[C@@H]1CO. The van der Waals surface area contributed by atoms with Crippen LogP contribution in [0.4, 0.5) is 9.59 Å². The fourth-order valence-corrected chi connectivity index (χ4v) is 1.25. The van der Waals surface area contributed by atoms with Gasteiger partial charge in [-0.25, -0.2) is 9.59 Å². The highest BCUT2D eigenvalue weighted by Gasteiger charge is 2.37.